The molecule has 0 aromatic rings. The molecule has 0 amide bonds. The van der Waals surface area contributed by atoms with Gasteiger partial charge in [-0.3, -0.25) is 13.2 Å². The summed E-state index contributed by atoms with van der Waals surface area (Å²) < 4.78 is 57.9. The van der Waals surface area contributed by atoms with E-state index in [1.807, 2.05) is 21.1 Å². The van der Waals surface area contributed by atoms with Gasteiger partial charge in [0, 0.05) is 6.61 Å². The van der Waals surface area contributed by atoms with E-state index in [2.05, 4.69) is 6.92 Å². The quantitative estimate of drug-likeness (QED) is 0.0390. The number of phosphoric acid groups is 1. The Hall–Kier alpha value is -0.0600. The van der Waals surface area contributed by atoms with Crippen LogP contribution in [0.25, 0.3) is 0 Å². The summed E-state index contributed by atoms with van der Waals surface area (Å²) >= 11 is 0. The van der Waals surface area contributed by atoms with Crippen LogP contribution >= 0.6 is 7.82 Å². The summed E-state index contributed by atoms with van der Waals surface area (Å²) in [5.74, 6) is -0.139. The van der Waals surface area contributed by atoms with E-state index < -0.39 is 30.7 Å². The second-order valence-electron chi connectivity index (χ2n) is 12.0. The van der Waals surface area contributed by atoms with E-state index >= 15 is 0 Å². The Bertz CT molecular complexity index is 730. The van der Waals surface area contributed by atoms with Gasteiger partial charge in [0.05, 0.1) is 40.1 Å². The predicted octanol–water partition coefficient (Wildman–Crippen LogP) is 7.23. The molecule has 2 unspecified atom stereocenters. The highest BCUT2D eigenvalue weighted by Gasteiger charge is 2.27. The van der Waals surface area contributed by atoms with Gasteiger partial charge in [-0.2, -0.15) is 8.42 Å². The average molecular weight is 617 g/mol. The molecular weight excluding hydrogens is 553 g/mol. The molecule has 2 atom stereocenters. The van der Waals surface area contributed by atoms with Gasteiger partial charge in [-0.25, -0.2) is 4.57 Å². The van der Waals surface area contributed by atoms with Crippen molar-refractivity contribution in [3.63, 3.8) is 0 Å². The maximum atomic E-state index is 12.2. The summed E-state index contributed by atoms with van der Waals surface area (Å²) in [4.78, 5) is 9.95. The zero-order valence-electron chi connectivity index (χ0n) is 26.4. The molecule has 0 aliphatic heterocycles. The van der Waals surface area contributed by atoms with Crippen molar-refractivity contribution in [2.24, 2.45) is 0 Å². The molecule has 0 aromatic carbocycles. The number of likely N-dealkylation sites (N-methyl/N-ethyl adjacent to an activating group) is 1. The lowest BCUT2D eigenvalue weighted by Gasteiger charge is -2.24. The van der Waals surface area contributed by atoms with Crippen LogP contribution in [0.1, 0.15) is 123 Å². The number of quaternary nitrogens is 1. The van der Waals surface area contributed by atoms with Crippen LogP contribution in [0.2, 0.25) is 0 Å². The van der Waals surface area contributed by atoms with E-state index in [0.29, 0.717) is 24.1 Å². The minimum absolute atomic E-state index is 0.0344. The molecule has 40 heavy (non-hydrogen) atoms. The Morgan fingerprint density at radius 3 is 1.60 bits per heavy atom. The molecule has 9 nitrogen and oxygen atoms in total. The molecule has 0 aromatic heterocycles. The highest BCUT2D eigenvalue weighted by Crippen LogP contribution is 2.43. The van der Waals surface area contributed by atoms with Gasteiger partial charge in [0.1, 0.15) is 19.3 Å². The van der Waals surface area contributed by atoms with Crippen molar-refractivity contribution in [3.8, 4) is 0 Å². The van der Waals surface area contributed by atoms with Gasteiger partial charge in [-0.1, -0.05) is 110 Å². The zero-order valence-corrected chi connectivity index (χ0v) is 28.2. The maximum absolute atomic E-state index is 12.2. The van der Waals surface area contributed by atoms with E-state index in [0.717, 1.165) is 19.3 Å². The lowest BCUT2D eigenvalue weighted by atomic mass is 10.0. The van der Waals surface area contributed by atoms with Gasteiger partial charge in [0.15, 0.2) is 0 Å². The van der Waals surface area contributed by atoms with Crippen molar-refractivity contribution < 1.29 is 40.3 Å². The predicted molar refractivity (Wildman–Crippen MR) is 164 cm³/mol. The molecule has 0 heterocycles. The number of phosphoric ester groups is 1. The molecule has 0 aliphatic rings. The molecule has 0 fully saturated rings. The largest absolute Gasteiger partial charge is 0.472 e. The van der Waals surface area contributed by atoms with Gasteiger partial charge < -0.3 is 14.1 Å². The third-order valence-corrected chi connectivity index (χ3v) is 9.08. The molecule has 0 rings (SSSR count). The van der Waals surface area contributed by atoms with Crippen molar-refractivity contribution in [1.29, 1.82) is 0 Å². The smallest absolute Gasteiger partial charge is 0.379 e. The first kappa shape index (κ1) is 39.9. The van der Waals surface area contributed by atoms with E-state index in [9.17, 15) is 17.9 Å². The van der Waals surface area contributed by atoms with E-state index in [1.165, 1.54) is 83.5 Å². The molecule has 0 aliphatic carbocycles. The highest BCUT2D eigenvalue weighted by atomic mass is 32.2. The van der Waals surface area contributed by atoms with Crippen LogP contribution in [-0.2, 0) is 32.7 Å². The lowest BCUT2D eigenvalue weighted by molar-refractivity contribution is -0.870. The summed E-state index contributed by atoms with van der Waals surface area (Å²) in [6.45, 7) is 4.57. The Balaban J connectivity index is 4.02. The number of rotatable bonds is 30. The first-order chi connectivity index (χ1) is 18.9. The van der Waals surface area contributed by atoms with Crippen molar-refractivity contribution in [1.82, 2.24) is 0 Å². The summed E-state index contributed by atoms with van der Waals surface area (Å²) in [6, 6.07) is 0. The van der Waals surface area contributed by atoms with E-state index in [4.69, 9.17) is 18.0 Å². The van der Waals surface area contributed by atoms with E-state index in [1.54, 1.807) is 6.92 Å². The van der Waals surface area contributed by atoms with Crippen molar-refractivity contribution in [2.45, 2.75) is 129 Å². The van der Waals surface area contributed by atoms with Gasteiger partial charge in [0.25, 0.3) is 10.1 Å². The van der Waals surface area contributed by atoms with Crippen LogP contribution in [0.5, 0.6) is 0 Å². The highest BCUT2D eigenvalue weighted by molar-refractivity contribution is 7.86. The number of hydrogen-bond acceptors (Lipinski definition) is 7. The standard InChI is InChI=1S/C29H62NO8PS/c1-6-8-9-10-11-12-13-14-15-16-17-18-19-20-21-22-24-35-27-29(38-40(33,34)26-7-2)28-37-39(31,32)36-25-23-30(3,4)5/h29H,6-28H2,1-5H3/p+1. The van der Waals surface area contributed by atoms with Gasteiger partial charge >= 0.3 is 7.82 Å². The van der Waals surface area contributed by atoms with Gasteiger partial charge in [-0.05, 0) is 12.8 Å². The average Bonchev–Trinajstić information content (AvgIpc) is 2.85. The minimum Gasteiger partial charge on any atom is -0.379 e. The topological polar surface area (TPSA) is 108 Å². The third-order valence-electron chi connectivity index (χ3n) is 6.62. The number of nitrogens with zero attached hydrogens (tertiary/aromatic N) is 1. The summed E-state index contributed by atoms with van der Waals surface area (Å²) in [5, 5.41) is 0. The SMILES string of the molecule is CCCCCCCCCCCCCCCCCCOCC(COP(=O)(O)OCC[N+](C)(C)C)OS(=O)(=O)CCC. The molecule has 0 radical (unpaired) electrons. The fourth-order valence-electron chi connectivity index (χ4n) is 4.22. The summed E-state index contributed by atoms with van der Waals surface area (Å²) in [7, 11) is -2.31. The number of unbranched alkanes of at least 4 members (excludes halogenated alkanes) is 15. The minimum atomic E-state index is -4.33. The van der Waals surface area contributed by atoms with Gasteiger partial charge in [0.2, 0.25) is 0 Å². The molecule has 0 bridgehead atoms. The number of hydrogen-bond donors (Lipinski definition) is 1. The Morgan fingerprint density at radius 2 is 1.15 bits per heavy atom. The second-order valence-corrected chi connectivity index (χ2v) is 15.1. The monoisotopic (exact) mass is 616 g/mol. The van der Waals surface area contributed by atoms with Gasteiger partial charge in [-0.15, -0.1) is 0 Å². The van der Waals surface area contributed by atoms with Crippen LogP contribution in [0.4, 0.5) is 0 Å². The first-order valence-corrected chi connectivity index (χ1v) is 18.9. The van der Waals surface area contributed by atoms with Crippen molar-refractivity contribution >= 4 is 17.9 Å². The van der Waals surface area contributed by atoms with Crippen LogP contribution in [0.3, 0.4) is 0 Å². The molecule has 0 saturated carbocycles. The Labute approximate surface area is 247 Å². The third kappa shape index (κ3) is 28.1. The van der Waals surface area contributed by atoms with Crippen LogP contribution < -0.4 is 0 Å². The molecule has 0 saturated heterocycles. The molecule has 0 spiro atoms. The fourth-order valence-corrected chi connectivity index (χ4v) is 6.08. The van der Waals surface area contributed by atoms with E-state index in [-0.39, 0.29) is 19.0 Å². The second kappa shape index (κ2) is 24.4. The lowest BCUT2D eigenvalue weighted by Crippen LogP contribution is -2.37. The van der Waals surface area contributed by atoms with Crippen LogP contribution in [-0.4, -0.2) is 83.8 Å². The van der Waals surface area contributed by atoms with Crippen LogP contribution in [0.15, 0.2) is 0 Å². The maximum Gasteiger partial charge on any atom is 0.472 e. The summed E-state index contributed by atoms with van der Waals surface area (Å²) in [5.41, 5.74) is 0. The first-order valence-electron chi connectivity index (χ1n) is 15.8. The fraction of sp³-hybridized carbons (Fsp3) is 1.00. The number of ether oxygens (including phenoxy) is 1. The van der Waals surface area contributed by atoms with Crippen molar-refractivity contribution in [2.75, 3.05) is 59.9 Å². The zero-order chi connectivity index (χ0) is 30.2. The molecule has 11 heteroatoms. The molecular formula is C29H63NO8PS+. The van der Waals surface area contributed by atoms with Crippen LogP contribution in [0, 0.1) is 0 Å². The normalized spacial score (nSPS) is 14.8. The molecule has 1 N–H and O–H groups in total. The van der Waals surface area contributed by atoms with Crippen molar-refractivity contribution in [3.05, 3.63) is 0 Å². The molecule has 242 valence electrons. The Morgan fingerprint density at radius 1 is 0.675 bits per heavy atom. The Kier molecular flexibility index (Phi) is 24.4. The summed E-state index contributed by atoms with van der Waals surface area (Å²) in [6.07, 6.45) is 20.1.